The molecule has 0 saturated heterocycles. The van der Waals surface area contributed by atoms with Gasteiger partial charge in [-0.3, -0.25) is 14.4 Å². The molecule has 7 heteroatoms. The summed E-state index contributed by atoms with van der Waals surface area (Å²) in [5, 5.41) is 2.07. The molecule has 0 saturated carbocycles. The van der Waals surface area contributed by atoms with Crippen molar-refractivity contribution in [3.05, 3.63) is 78.1 Å². The first-order valence-electron chi connectivity index (χ1n) is 9.40. The fraction of sp³-hybridized carbons (Fsp3) is 0.174. The molecule has 154 valence electrons. The fourth-order valence-corrected chi connectivity index (χ4v) is 3.03. The van der Waals surface area contributed by atoms with E-state index in [2.05, 4.69) is 0 Å². The van der Waals surface area contributed by atoms with Gasteiger partial charge < -0.3 is 15.4 Å². The maximum atomic E-state index is 13.2. The molecule has 3 aromatic rings. The van der Waals surface area contributed by atoms with E-state index in [9.17, 15) is 18.8 Å². The minimum absolute atomic E-state index is 0.00201. The Hall–Kier alpha value is -3.74. The summed E-state index contributed by atoms with van der Waals surface area (Å²) in [6.07, 6.45) is -0.0515. The highest BCUT2D eigenvalue weighted by Crippen LogP contribution is 2.17. The van der Waals surface area contributed by atoms with Crippen LogP contribution in [0.5, 0.6) is 0 Å². The van der Waals surface area contributed by atoms with Gasteiger partial charge in [0.05, 0.1) is 6.42 Å². The number of esters is 1. The minimum atomic E-state index is -0.580. The average molecular weight is 408 g/mol. The van der Waals surface area contributed by atoms with Gasteiger partial charge in [0, 0.05) is 18.7 Å². The summed E-state index contributed by atoms with van der Waals surface area (Å²) in [6, 6.07) is 18.7. The highest BCUT2D eigenvalue weighted by atomic mass is 19.1. The lowest BCUT2D eigenvalue weighted by Crippen LogP contribution is -2.37. The molecule has 0 aliphatic heterocycles. The van der Waals surface area contributed by atoms with E-state index >= 15 is 0 Å². The van der Waals surface area contributed by atoms with Crippen LogP contribution in [0.1, 0.15) is 12.0 Å². The van der Waals surface area contributed by atoms with E-state index in [4.69, 9.17) is 10.5 Å². The number of nitrogens with two attached hydrogens (primary N) is 1. The number of fused-ring (bicyclic) bond motifs is 1. The summed E-state index contributed by atoms with van der Waals surface area (Å²) in [6.45, 7) is -0.495. The molecule has 0 heterocycles. The Morgan fingerprint density at radius 1 is 0.933 bits per heavy atom. The summed E-state index contributed by atoms with van der Waals surface area (Å²) in [4.78, 5) is 37.1. The van der Waals surface area contributed by atoms with Gasteiger partial charge >= 0.3 is 5.97 Å². The third-order valence-electron chi connectivity index (χ3n) is 4.54. The van der Waals surface area contributed by atoms with Gasteiger partial charge in [0.25, 0.3) is 5.91 Å². The predicted molar refractivity (Wildman–Crippen MR) is 111 cm³/mol. The standard InChI is InChI=1S/C23H21FN2O4/c24-19-7-9-20(10-8-19)26(12-11-21(25)27)22(28)15-30-23(29)14-16-5-6-17-3-1-2-4-18(17)13-16/h1-10,13H,11-12,14-15H2,(H2,25,27). The molecule has 0 aliphatic rings. The van der Waals surface area contributed by atoms with Crippen molar-refractivity contribution in [1.29, 1.82) is 0 Å². The van der Waals surface area contributed by atoms with Crippen LogP contribution >= 0.6 is 0 Å². The summed E-state index contributed by atoms with van der Waals surface area (Å²) in [7, 11) is 0. The maximum absolute atomic E-state index is 13.2. The van der Waals surface area contributed by atoms with Crippen LogP contribution in [0.25, 0.3) is 10.8 Å². The smallest absolute Gasteiger partial charge is 0.310 e. The van der Waals surface area contributed by atoms with Gasteiger partial charge in [0.1, 0.15) is 5.82 Å². The zero-order chi connectivity index (χ0) is 21.5. The van der Waals surface area contributed by atoms with Gasteiger partial charge in [-0.2, -0.15) is 0 Å². The first-order chi connectivity index (χ1) is 14.4. The Labute approximate surface area is 173 Å². The maximum Gasteiger partial charge on any atom is 0.310 e. The summed E-state index contributed by atoms with van der Waals surface area (Å²) in [5.41, 5.74) is 6.32. The number of hydrogen-bond donors (Lipinski definition) is 1. The fourth-order valence-electron chi connectivity index (χ4n) is 3.03. The monoisotopic (exact) mass is 408 g/mol. The summed E-state index contributed by atoms with van der Waals surface area (Å²) < 4.78 is 18.3. The lowest BCUT2D eigenvalue weighted by atomic mass is 10.1. The molecule has 0 aliphatic carbocycles. The molecule has 6 nitrogen and oxygen atoms in total. The van der Waals surface area contributed by atoms with E-state index in [0.29, 0.717) is 5.69 Å². The number of amides is 2. The molecule has 3 rings (SSSR count). The number of carbonyl (C=O) groups excluding carboxylic acids is 3. The summed E-state index contributed by atoms with van der Waals surface area (Å²) >= 11 is 0. The molecule has 0 aromatic heterocycles. The molecule has 0 atom stereocenters. The molecular formula is C23H21FN2O4. The van der Waals surface area contributed by atoms with Gasteiger partial charge in [-0.25, -0.2) is 4.39 Å². The topological polar surface area (TPSA) is 89.7 Å². The highest BCUT2D eigenvalue weighted by molar-refractivity contribution is 5.96. The van der Waals surface area contributed by atoms with Crippen LogP contribution in [0.4, 0.5) is 10.1 Å². The van der Waals surface area contributed by atoms with Crippen LogP contribution in [0, 0.1) is 5.82 Å². The van der Waals surface area contributed by atoms with Gasteiger partial charge in [0.15, 0.2) is 6.61 Å². The van der Waals surface area contributed by atoms with Gasteiger partial charge in [-0.1, -0.05) is 42.5 Å². The Kier molecular flexibility index (Phi) is 6.75. The Morgan fingerprint density at radius 2 is 1.63 bits per heavy atom. The van der Waals surface area contributed by atoms with Crippen molar-refractivity contribution in [2.75, 3.05) is 18.1 Å². The van der Waals surface area contributed by atoms with E-state index in [1.807, 2.05) is 42.5 Å². The number of carbonyl (C=O) groups is 3. The predicted octanol–water partition coefficient (Wildman–Crippen LogP) is 2.97. The molecule has 0 bridgehead atoms. The second-order valence-corrected chi connectivity index (χ2v) is 6.76. The third-order valence-corrected chi connectivity index (χ3v) is 4.54. The Bertz CT molecular complexity index is 1070. The van der Waals surface area contributed by atoms with Crippen molar-refractivity contribution < 1.29 is 23.5 Å². The molecular weight excluding hydrogens is 387 g/mol. The quantitative estimate of drug-likeness (QED) is 0.580. The number of halogens is 1. The number of benzene rings is 3. The van der Waals surface area contributed by atoms with Crippen LogP contribution < -0.4 is 10.6 Å². The molecule has 30 heavy (non-hydrogen) atoms. The van der Waals surface area contributed by atoms with E-state index < -0.39 is 30.2 Å². The number of rotatable bonds is 8. The van der Waals surface area contributed by atoms with Crippen molar-refractivity contribution in [1.82, 2.24) is 0 Å². The second-order valence-electron chi connectivity index (χ2n) is 6.76. The van der Waals surface area contributed by atoms with E-state index in [1.165, 1.54) is 29.2 Å². The van der Waals surface area contributed by atoms with Crippen LogP contribution in [0.15, 0.2) is 66.7 Å². The lowest BCUT2D eigenvalue weighted by molar-refractivity contribution is -0.147. The molecule has 0 spiro atoms. The van der Waals surface area contributed by atoms with E-state index in [-0.39, 0.29) is 19.4 Å². The number of primary amides is 1. The summed E-state index contributed by atoms with van der Waals surface area (Å²) in [5.74, 6) is -2.12. The average Bonchev–Trinajstić information content (AvgIpc) is 2.73. The molecule has 0 unspecified atom stereocenters. The van der Waals surface area contributed by atoms with Crippen LogP contribution in [-0.4, -0.2) is 30.9 Å². The number of hydrogen-bond acceptors (Lipinski definition) is 4. The van der Waals surface area contributed by atoms with Gasteiger partial charge in [0.2, 0.25) is 5.91 Å². The van der Waals surface area contributed by atoms with Crippen LogP contribution in [0.3, 0.4) is 0 Å². The molecule has 0 fully saturated rings. The van der Waals surface area contributed by atoms with Crippen molar-refractivity contribution in [3.63, 3.8) is 0 Å². The zero-order valence-electron chi connectivity index (χ0n) is 16.2. The molecule has 0 radical (unpaired) electrons. The first-order valence-corrected chi connectivity index (χ1v) is 9.40. The minimum Gasteiger partial charge on any atom is -0.455 e. The van der Waals surface area contributed by atoms with Crippen molar-refractivity contribution in [3.8, 4) is 0 Å². The van der Waals surface area contributed by atoms with Crippen molar-refractivity contribution >= 4 is 34.2 Å². The lowest BCUT2D eigenvalue weighted by Gasteiger charge is -2.22. The van der Waals surface area contributed by atoms with Crippen molar-refractivity contribution in [2.24, 2.45) is 5.73 Å². The normalized spacial score (nSPS) is 10.6. The molecule has 3 aromatic carbocycles. The number of ether oxygens (including phenoxy) is 1. The van der Waals surface area contributed by atoms with E-state index in [0.717, 1.165) is 16.3 Å². The number of nitrogens with zero attached hydrogens (tertiary/aromatic N) is 1. The third kappa shape index (κ3) is 5.64. The Balaban J connectivity index is 1.62. The van der Waals surface area contributed by atoms with Gasteiger partial charge in [-0.15, -0.1) is 0 Å². The van der Waals surface area contributed by atoms with Gasteiger partial charge in [-0.05, 0) is 40.6 Å². The molecule has 2 N–H and O–H groups in total. The van der Waals surface area contributed by atoms with Crippen molar-refractivity contribution in [2.45, 2.75) is 12.8 Å². The number of anilines is 1. The van der Waals surface area contributed by atoms with Crippen LogP contribution in [-0.2, 0) is 25.5 Å². The Morgan fingerprint density at radius 3 is 2.33 bits per heavy atom. The first kappa shape index (κ1) is 21.0. The SMILES string of the molecule is NC(=O)CCN(C(=O)COC(=O)Cc1ccc2ccccc2c1)c1ccc(F)cc1. The van der Waals surface area contributed by atoms with Crippen LogP contribution in [0.2, 0.25) is 0 Å². The largest absolute Gasteiger partial charge is 0.455 e. The second kappa shape index (κ2) is 9.65. The highest BCUT2D eigenvalue weighted by Gasteiger charge is 2.19. The zero-order valence-corrected chi connectivity index (χ0v) is 16.2. The van der Waals surface area contributed by atoms with E-state index in [1.54, 1.807) is 0 Å². The molecule has 2 amide bonds.